The molecular weight excluding hydrogens is 662 g/mol. The molecule has 2 aliphatic rings. The molecule has 266 valence electrons. The summed E-state index contributed by atoms with van der Waals surface area (Å²) in [6, 6.07) is 11.4. The van der Waals surface area contributed by atoms with Crippen LogP contribution in [0.15, 0.2) is 72.5 Å². The average Bonchev–Trinajstić information content (AvgIpc) is 3.44. The number of rotatable bonds is 16. The number of unbranched alkanes of at least 4 members (excludes halogenated alkanes) is 2. The van der Waals surface area contributed by atoms with E-state index in [9.17, 15) is 13.9 Å². The van der Waals surface area contributed by atoms with E-state index in [1.54, 1.807) is 6.07 Å². The van der Waals surface area contributed by atoms with Crippen LogP contribution in [-0.4, -0.2) is 62.9 Å². The zero-order chi connectivity index (χ0) is 36.2. The molecule has 0 unspecified atom stereocenters. The molecule has 0 atom stereocenters. The minimum Gasteiger partial charge on any atom is -0.481 e. The highest BCUT2D eigenvalue weighted by Gasteiger charge is 2.45. The highest BCUT2D eigenvalue weighted by molar-refractivity contribution is 7.62. The van der Waals surface area contributed by atoms with Gasteiger partial charge < -0.3 is 28.1 Å². The molecule has 12 heteroatoms. The largest absolute Gasteiger partial charge is 0.481 e. The van der Waals surface area contributed by atoms with Crippen LogP contribution in [0.4, 0.5) is 11.4 Å². The SMILES string of the molecule is CCN1\C(=C/C=C/C=C/C2=[N+](CCCCCC(=O)O)c3ccc(P(=O)(OC)OC)cc3C2(C)C)C(C)(C)c2cc(P(=O)(OC)OC)ccc21. The first-order valence-corrected chi connectivity index (χ1v) is 19.7. The molecule has 10 nitrogen and oxygen atoms in total. The van der Waals surface area contributed by atoms with Gasteiger partial charge in [-0.2, -0.15) is 4.58 Å². The first kappa shape index (κ1) is 38.7. The van der Waals surface area contributed by atoms with Gasteiger partial charge >= 0.3 is 21.2 Å². The zero-order valence-electron chi connectivity index (χ0n) is 30.2. The Hall–Kier alpha value is -3.10. The maximum absolute atomic E-state index is 13.3. The van der Waals surface area contributed by atoms with Crippen LogP contribution >= 0.6 is 15.2 Å². The monoisotopic (exact) mass is 713 g/mol. The minimum absolute atomic E-state index is 0.158. The third-order valence-electron chi connectivity index (χ3n) is 9.66. The first-order chi connectivity index (χ1) is 23.1. The summed E-state index contributed by atoms with van der Waals surface area (Å²) in [4.78, 5) is 13.3. The molecule has 0 saturated heterocycles. The number of aliphatic carboxylic acids is 1. The molecule has 4 rings (SSSR count). The van der Waals surface area contributed by atoms with Gasteiger partial charge in [0.15, 0.2) is 5.71 Å². The van der Waals surface area contributed by atoms with E-state index >= 15 is 0 Å². The molecule has 0 radical (unpaired) electrons. The molecule has 0 fully saturated rings. The number of carboxylic acids is 1. The van der Waals surface area contributed by atoms with Gasteiger partial charge in [-0.05, 0) is 75.6 Å². The van der Waals surface area contributed by atoms with E-state index in [4.69, 9.17) is 23.2 Å². The Morgan fingerprint density at radius 2 is 1.41 bits per heavy atom. The second-order valence-electron chi connectivity index (χ2n) is 13.2. The highest BCUT2D eigenvalue weighted by atomic mass is 31.2. The molecule has 0 spiro atoms. The zero-order valence-corrected chi connectivity index (χ0v) is 32.0. The summed E-state index contributed by atoms with van der Waals surface area (Å²) >= 11 is 0. The Kier molecular flexibility index (Phi) is 12.2. The second kappa shape index (κ2) is 15.4. The number of hydrogen-bond donors (Lipinski definition) is 1. The molecule has 0 aromatic heterocycles. The predicted molar refractivity (Wildman–Crippen MR) is 197 cm³/mol. The fourth-order valence-electron chi connectivity index (χ4n) is 6.90. The predicted octanol–water partition coefficient (Wildman–Crippen LogP) is 7.74. The van der Waals surface area contributed by atoms with Crippen LogP contribution in [0.2, 0.25) is 0 Å². The second-order valence-corrected chi connectivity index (χ2v) is 17.6. The fraction of sp³-hybridized carbons (Fsp3) is 0.459. The summed E-state index contributed by atoms with van der Waals surface area (Å²) < 4.78 is 49.8. The van der Waals surface area contributed by atoms with E-state index in [2.05, 4.69) is 56.2 Å². The first-order valence-electron chi connectivity index (χ1n) is 16.6. The van der Waals surface area contributed by atoms with Gasteiger partial charge in [0.2, 0.25) is 5.69 Å². The summed E-state index contributed by atoms with van der Waals surface area (Å²) in [5, 5.41) is 10.1. The summed E-state index contributed by atoms with van der Waals surface area (Å²) in [7, 11) is -1.28. The van der Waals surface area contributed by atoms with Gasteiger partial charge in [-0.3, -0.25) is 13.9 Å². The van der Waals surface area contributed by atoms with E-state index in [-0.39, 0.29) is 11.8 Å². The summed E-state index contributed by atoms with van der Waals surface area (Å²) in [5.74, 6) is -0.780. The molecule has 2 aromatic rings. The van der Waals surface area contributed by atoms with Crippen LogP contribution in [0.5, 0.6) is 0 Å². The van der Waals surface area contributed by atoms with Crippen molar-refractivity contribution in [3.8, 4) is 0 Å². The molecule has 0 amide bonds. The lowest BCUT2D eigenvalue weighted by molar-refractivity contribution is -0.438. The van der Waals surface area contributed by atoms with Gasteiger partial charge in [0.05, 0.1) is 16.0 Å². The molecule has 2 heterocycles. The van der Waals surface area contributed by atoms with Crippen molar-refractivity contribution in [2.45, 2.75) is 71.1 Å². The number of likely N-dealkylation sites (N-methyl/N-ethyl adjacent to an activating group) is 1. The van der Waals surface area contributed by atoms with Crippen LogP contribution < -0.4 is 15.5 Å². The van der Waals surface area contributed by atoms with Crippen molar-refractivity contribution in [1.82, 2.24) is 0 Å². The number of allylic oxidation sites excluding steroid dienone is 6. The average molecular weight is 714 g/mol. The third kappa shape index (κ3) is 7.51. The lowest BCUT2D eigenvalue weighted by Gasteiger charge is -2.25. The third-order valence-corrected chi connectivity index (χ3v) is 13.4. The number of nitrogens with zero attached hydrogens (tertiary/aromatic N) is 2. The number of carboxylic acid groups (broad SMARTS) is 1. The summed E-state index contributed by atoms with van der Waals surface area (Å²) in [6.45, 7) is 12.2. The van der Waals surface area contributed by atoms with E-state index in [0.717, 1.165) is 53.3 Å². The van der Waals surface area contributed by atoms with E-state index < -0.39 is 26.6 Å². The van der Waals surface area contributed by atoms with Crippen molar-refractivity contribution in [3.05, 3.63) is 83.6 Å². The number of anilines is 1. The van der Waals surface area contributed by atoms with Crippen molar-refractivity contribution in [3.63, 3.8) is 0 Å². The Bertz CT molecular complexity index is 1770. The molecule has 2 aliphatic heterocycles. The Balaban J connectivity index is 1.66. The number of hydrogen-bond acceptors (Lipinski definition) is 8. The molecule has 1 N–H and O–H groups in total. The minimum atomic E-state index is -3.45. The van der Waals surface area contributed by atoms with Crippen LogP contribution in [0.1, 0.15) is 71.4 Å². The van der Waals surface area contributed by atoms with E-state index in [1.165, 1.54) is 28.4 Å². The number of benzene rings is 2. The van der Waals surface area contributed by atoms with E-state index in [1.807, 2.05) is 48.6 Å². The van der Waals surface area contributed by atoms with Gasteiger partial charge in [-0.1, -0.05) is 32.1 Å². The lowest BCUT2D eigenvalue weighted by Crippen LogP contribution is -2.28. The highest BCUT2D eigenvalue weighted by Crippen LogP contribution is 2.51. The Morgan fingerprint density at radius 3 is 1.98 bits per heavy atom. The number of carbonyl (C=O) groups is 1. The van der Waals surface area contributed by atoms with Crippen molar-refractivity contribution >= 4 is 48.9 Å². The standard InChI is InChI=1S/C37H50N2O8P2/c1-10-38-31-22-20-27(48(42,44-6)45-7)25-29(31)36(2,3)33(38)17-13-11-14-18-34-37(4,5)30-26-28(49(43,46-8)47-9)21-23-32(30)39(34)24-16-12-15-19-35(40)41/h11,13-14,17-18,20-23,25-26H,10,12,15-16,19,24H2,1-9H3/p+1. The van der Waals surface area contributed by atoms with Gasteiger partial charge in [-0.15, -0.1) is 0 Å². The molecule has 2 aromatic carbocycles. The summed E-state index contributed by atoms with van der Waals surface area (Å²) in [5.41, 5.74) is 5.59. The van der Waals surface area contributed by atoms with Crippen LogP contribution in [-0.2, 0) is 42.8 Å². The van der Waals surface area contributed by atoms with Gasteiger partial charge in [0.25, 0.3) is 0 Å². The topological polar surface area (TPSA) is 115 Å². The smallest absolute Gasteiger partial charge is 0.360 e. The quantitative estimate of drug-likeness (QED) is 0.0808. The van der Waals surface area contributed by atoms with Crippen molar-refractivity contribution in [2.75, 3.05) is 46.4 Å². The maximum atomic E-state index is 13.3. The molecule has 0 aliphatic carbocycles. The van der Waals surface area contributed by atoms with Crippen LogP contribution in [0, 0.1) is 0 Å². The van der Waals surface area contributed by atoms with Gasteiger partial charge in [0, 0.05) is 82.3 Å². The Morgan fingerprint density at radius 1 is 0.816 bits per heavy atom. The van der Waals surface area contributed by atoms with Crippen LogP contribution in [0.3, 0.4) is 0 Å². The molecule has 0 saturated carbocycles. The maximum Gasteiger partial charge on any atom is 0.360 e. The van der Waals surface area contributed by atoms with Crippen molar-refractivity contribution < 1.29 is 41.7 Å². The van der Waals surface area contributed by atoms with Crippen LogP contribution in [0.25, 0.3) is 0 Å². The van der Waals surface area contributed by atoms with Gasteiger partial charge in [0.1, 0.15) is 6.54 Å². The normalized spacial score (nSPS) is 17.9. The van der Waals surface area contributed by atoms with E-state index in [0.29, 0.717) is 23.6 Å². The molecule has 0 bridgehead atoms. The fourth-order valence-corrected chi connectivity index (χ4v) is 9.13. The molecule has 49 heavy (non-hydrogen) atoms. The number of fused-ring (bicyclic) bond motifs is 2. The van der Waals surface area contributed by atoms with Crippen molar-refractivity contribution in [2.24, 2.45) is 0 Å². The lowest BCUT2D eigenvalue weighted by atomic mass is 9.81. The van der Waals surface area contributed by atoms with Crippen molar-refractivity contribution in [1.29, 1.82) is 0 Å². The summed E-state index contributed by atoms with van der Waals surface area (Å²) in [6.07, 6.45) is 12.7. The molecular formula is C37H51N2O8P2+. The Labute approximate surface area is 291 Å². The van der Waals surface area contributed by atoms with Gasteiger partial charge in [-0.25, -0.2) is 0 Å².